The normalized spacial score (nSPS) is 11.1. The molecule has 0 atom stereocenters. The number of nitrogens with one attached hydrogen (secondary N) is 1. The van der Waals surface area contributed by atoms with E-state index >= 15 is 0 Å². The van der Waals surface area contributed by atoms with Crippen LogP contribution in [0.25, 0.3) is 5.65 Å². The zero-order valence-corrected chi connectivity index (χ0v) is 10.5. The first-order valence-electron chi connectivity index (χ1n) is 5.58. The molecule has 2 N–H and O–H groups in total. The van der Waals surface area contributed by atoms with Gasteiger partial charge < -0.3 is 5.11 Å². The van der Waals surface area contributed by atoms with Gasteiger partial charge in [-0.2, -0.15) is 0 Å². The van der Waals surface area contributed by atoms with Gasteiger partial charge in [-0.1, -0.05) is 13.8 Å². The molecule has 0 fully saturated rings. The summed E-state index contributed by atoms with van der Waals surface area (Å²) in [5.74, 6) is -0.0347. The molecule has 18 heavy (non-hydrogen) atoms. The molecule has 0 radical (unpaired) electrons. The van der Waals surface area contributed by atoms with Crippen molar-refractivity contribution in [1.29, 1.82) is 0 Å². The number of aromatic hydroxyl groups is 1. The number of hydrogen-bond acceptors (Lipinski definition) is 5. The summed E-state index contributed by atoms with van der Waals surface area (Å²) < 4.78 is 1.32. The maximum atomic E-state index is 12.2. The second-order valence-electron chi connectivity index (χ2n) is 4.25. The highest BCUT2D eigenvalue weighted by Crippen LogP contribution is 2.26. The van der Waals surface area contributed by atoms with Gasteiger partial charge in [-0.3, -0.25) is 19.5 Å². The van der Waals surface area contributed by atoms with Crippen LogP contribution in [0.15, 0.2) is 23.3 Å². The van der Waals surface area contributed by atoms with Crippen molar-refractivity contribution in [2.75, 3.05) is 12.6 Å². The van der Waals surface area contributed by atoms with Gasteiger partial charge in [0.1, 0.15) is 5.69 Å². The summed E-state index contributed by atoms with van der Waals surface area (Å²) >= 11 is 0. The topological polar surface area (TPSA) is 75.9 Å². The van der Waals surface area contributed by atoms with Crippen LogP contribution in [-0.4, -0.2) is 21.6 Å². The molecule has 96 valence electrons. The third-order valence-electron chi connectivity index (χ3n) is 2.71. The predicted molar refractivity (Wildman–Crippen MR) is 67.8 cm³/mol. The van der Waals surface area contributed by atoms with Crippen molar-refractivity contribution >= 4 is 11.3 Å². The molecule has 0 amide bonds. The molecule has 2 rings (SSSR count). The number of rotatable bonds is 3. The van der Waals surface area contributed by atoms with E-state index in [0.29, 0.717) is 11.3 Å². The Hall–Kier alpha value is -2.08. The van der Waals surface area contributed by atoms with E-state index in [2.05, 4.69) is 10.5 Å². The van der Waals surface area contributed by atoms with Crippen LogP contribution in [-0.2, 0) is 4.84 Å². The Morgan fingerprint density at radius 2 is 2.22 bits per heavy atom. The lowest BCUT2D eigenvalue weighted by atomic mass is 10.1. The summed E-state index contributed by atoms with van der Waals surface area (Å²) in [7, 11) is 1.44. The van der Waals surface area contributed by atoms with Gasteiger partial charge in [-0.25, -0.2) is 4.98 Å². The van der Waals surface area contributed by atoms with Crippen molar-refractivity contribution in [3.8, 4) is 5.75 Å². The molecule has 0 aromatic carbocycles. The van der Waals surface area contributed by atoms with Crippen LogP contribution in [0.1, 0.15) is 25.3 Å². The molecular weight excluding hydrogens is 234 g/mol. The average molecular weight is 249 g/mol. The molecule has 0 aliphatic heterocycles. The maximum absolute atomic E-state index is 12.2. The van der Waals surface area contributed by atoms with Gasteiger partial charge in [-0.05, 0) is 12.0 Å². The molecule has 0 unspecified atom stereocenters. The number of nitrogens with zero attached hydrogens (tertiary/aromatic N) is 2. The fourth-order valence-corrected chi connectivity index (χ4v) is 1.73. The summed E-state index contributed by atoms with van der Waals surface area (Å²) in [5, 5.41) is 9.97. The van der Waals surface area contributed by atoms with Crippen LogP contribution in [0, 0.1) is 0 Å². The van der Waals surface area contributed by atoms with Crippen LogP contribution < -0.4 is 11.0 Å². The van der Waals surface area contributed by atoms with Crippen LogP contribution in [0.3, 0.4) is 0 Å². The minimum atomic E-state index is -0.172. The first kappa shape index (κ1) is 12.4. The fourth-order valence-electron chi connectivity index (χ4n) is 1.73. The standard InChI is InChI=1S/C12H15N3O3/c1-7(2)8-6-13-11-10(16)9(14-18-3)4-5-15(11)12(8)17/h4-7,14,16H,1-3H3. The van der Waals surface area contributed by atoms with E-state index in [9.17, 15) is 9.90 Å². The Labute approximate surface area is 104 Å². The molecular formula is C12H15N3O3. The lowest BCUT2D eigenvalue weighted by Gasteiger charge is -2.10. The SMILES string of the molecule is CONc1ccn2c(=O)c(C(C)C)cnc2c1O. The van der Waals surface area contributed by atoms with Crippen molar-refractivity contribution in [3.05, 3.63) is 34.4 Å². The van der Waals surface area contributed by atoms with E-state index in [-0.39, 0.29) is 22.9 Å². The second kappa shape index (κ2) is 4.66. The first-order valence-corrected chi connectivity index (χ1v) is 5.58. The highest BCUT2D eigenvalue weighted by Gasteiger charge is 2.13. The number of hydrogen-bond donors (Lipinski definition) is 2. The summed E-state index contributed by atoms with van der Waals surface area (Å²) in [4.78, 5) is 21.0. The quantitative estimate of drug-likeness (QED) is 0.806. The molecule has 0 saturated carbocycles. The molecule has 2 aromatic heterocycles. The minimum Gasteiger partial charge on any atom is -0.503 e. The fraction of sp³-hybridized carbons (Fsp3) is 0.333. The Balaban J connectivity index is 2.71. The van der Waals surface area contributed by atoms with Crippen molar-refractivity contribution in [2.45, 2.75) is 19.8 Å². The highest BCUT2D eigenvalue weighted by molar-refractivity contribution is 5.68. The number of anilines is 1. The zero-order chi connectivity index (χ0) is 13.3. The largest absolute Gasteiger partial charge is 0.503 e. The van der Waals surface area contributed by atoms with Crippen molar-refractivity contribution in [1.82, 2.24) is 9.38 Å². The molecule has 2 aromatic rings. The summed E-state index contributed by atoms with van der Waals surface area (Å²) in [5.41, 5.74) is 3.52. The molecule has 0 saturated heterocycles. The van der Waals surface area contributed by atoms with E-state index in [4.69, 9.17) is 4.84 Å². The van der Waals surface area contributed by atoms with Crippen LogP contribution in [0.4, 0.5) is 5.69 Å². The van der Waals surface area contributed by atoms with Crippen molar-refractivity contribution in [2.24, 2.45) is 0 Å². The molecule has 0 bridgehead atoms. The molecule has 2 heterocycles. The molecule has 0 aliphatic rings. The zero-order valence-electron chi connectivity index (χ0n) is 10.5. The van der Waals surface area contributed by atoms with Crippen LogP contribution in [0.5, 0.6) is 5.75 Å². The molecule has 6 heteroatoms. The average Bonchev–Trinajstić information content (AvgIpc) is 2.33. The number of pyridine rings is 1. The van der Waals surface area contributed by atoms with E-state index < -0.39 is 0 Å². The maximum Gasteiger partial charge on any atom is 0.261 e. The van der Waals surface area contributed by atoms with Gasteiger partial charge in [0.2, 0.25) is 0 Å². The number of fused-ring (bicyclic) bond motifs is 1. The van der Waals surface area contributed by atoms with Gasteiger partial charge in [0, 0.05) is 18.0 Å². The van der Waals surface area contributed by atoms with Gasteiger partial charge >= 0.3 is 0 Å². The minimum absolute atomic E-state index is 0.0841. The van der Waals surface area contributed by atoms with Gasteiger partial charge in [-0.15, -0.1) is 0 Å². The lowest BCUT2D eigenvalue weighted by Crippen LogP contribution is -2.20. The summed E-state index contributed by atoms with van der Waals surface area (Å²) in [6.07, 6.45) is 3.05. The summed E-state index contributed by atoms with van der Waals surface area (Å²) in [6.45, 7) is 3.84. The first-order chi connectivity index (χ1) is 8.56. The van der Waals surface area contributed by atoms with Crippen LogP contribution >= 0.6 is 0 Å². The predicted octanol–water partition coefficient (Wildman–Crippen LogP) is 1.50. The lowest BCUT2D eigenvalue weighted by molar-refractivity contribution is 0.268. The monoisotopic (exact) mass is 249 g/mol. The number of aromatic nitrogens is 2. The van der Waals surface area contributed by atoms with Crippen LogP contribution in [0.2, 0.25) is 0 Å². The van der Waals surface area contributed by atoms with Crippen molar-refractivity contribution < 1.29 is 9.94 Å². The van der Waals surface area contributed by atoms with Gasteiger partial charge in [0.25, 0.3) is 5.56 Å². The Morgan fingerprint density at radius 3 is 2.83 bits per heavy atom. The molecule has 0 spiro atoms. The van der Waals surface area contributed by atoms with E-state index in [1.54, 1.807) is 12.3 Å². The van der Waals surface area contributed by atoms with Gasteiger partial charge in [0.15, 0.2) is 11.4 Å². The Bertz CT molecular complexity index is 634. The summed E-state index contributed by atoms with van der Waals surface area (Å²) in [6, 6.07) is 1.55. The van der Waals surface area contributed by atoms with E-state index in [0.717, 1.165) is 0 Å². The van der Waals surface area contributed by atoms with E-state index in [1.807, 2.05) is 13.8 Å². The van der Waals surface area contributed by atoms with E-state index in [1.165, 1.54) is 17.7 Å². The van der Waals surface area contributed by atoms with Crippen molar-refractivity contribution in [3.63, 3.8) is 0 Å². The van der Waals surface area contributed by atoms with Gasteiger partial charge in [0.05, 0.1) is 7.11 Å². The second-order valence-corrected chi connectivity index (χ2v) is 4.25. The Kier molecular flexibility index (Phi) is 3.20. The molecule has 0 aliphatic carbocycles. The Morgan fingerprint density at radius 1 is 1.50 bits per heavy atom. The third-order valence-corrected chi connectivity index (χ3v) is 2.71. The highest BCUT2D eigenvalue weighted by atomic mass is 16.6. The molecule has 6 nitrogen and oxygen atoms in total. The third kappa shape index (κ3) is 1.91. The smallest absolute Gasteiger partial charge is 0.261 e.